The third kappa shape index (κ3) is 4.03. The van der Waals surface area contributed by atoms with Crippen molar-refractivity contribution in [2.75, 3.05) is 25.5 Å². The first-order chi connectivity index (χ1) is 8.04. The third-order valence-electron chi connectivity index (χ3n) is 2.59. The number of aliphatic hydroxyl groups excluding tert-OH is 1. The summed E-state index contributed by atoms with van der Waals surface area (Å²) in [5.74, 6) is 0.0189. The molecule has 0 aliphatic carbocycles. The van der Waals surface area contributed by atoms with Crippen molar-refractivity contribution < 1.29 is 9.90 Å². The molecule has 2 N–H and O–H groups in total. The zero-order chi connectivity index (χ0) is 12.8. The van der Waals surface area contributed by atoms with Gasteiger partial charge in [-0.2, -0.15) is 0 Å². The van der Waals surface area contributed by atoms with Gasteiger partial charge in [-0.15, -0.1) is 0 Å². The fourth-order valence-corrected chi connectivity index (χ4v) is 1.39. The number of amides is 1. The summed E-state index contributed by atoms with van der Waals surface area (Å²) in [5, 5.41) is 11.9. The van der Waals surface area contributed by atoms with Crippen LogP contribution in [0.15, 0.2) is 18.3 Å². The van der Waals surface area contributed by atoms with Gasteiger partial charge in [0.1, 0.15) is 0 Å². The Bertz CT molecular complexity index is 363. The Morgan fingerprint density at radius 3 is 2.76 bits per heavy atom. The fourth-order valence-electron chi connectivity index (χ4n) is 1.39. The second-order valence-electron chi connectivity index (χ2n) is 3.96. The molecule has 5 heteroatoms. The fraction of sp³-hybridized carbons (Fsp3) is 0.500. The van der Waals surface area contributed by atoms with Crippen molar-refractivity contribution in [3.05, 3.63) is 24.0 Å². The van der Waals surface area contributed by atoms with Crippen LogP contribution in [-0.2, 0) is 4.79 Å². The lowest BCUT2D eigenvalue weighted by molar-refractivity contribution is -0.120. The molecule has 17 heavy (non-hydrogen) atoms. The number of nitrogens with zero attached hydrogens (tertiary/aromatic N) is 2. The number of pyridine rings is 1. The van der Waals surface area contributed by atoms with Gasteiger partial charge in [0.05, 0.1) is 23.7 Å². The summed E-state index contributed by atoms with van der Waals surface area (Å²) < 4.78 is 0. The first-order valence-electron chi connectivity index (χ1n) is 5.60. The monoisotopic (exact) mass is 237 g/mol. The largest absolute Gasteiger partial charge is 0.387 e. The van der Waals surface area contributed by atoms with Crippen LogP contribution < -0.4 is 10.2 Å². The van der Waals surface area contributed by atoms with E-state index in [9.17, 15) is 9.90 Å². The topological polar surface area (TPSA) is 65.5 Å². The number of hydrogen-bond acceptors (Lipinski definition) is 4. The summed E-state index contributed by atoms with van der Waals surface area (Å²) in [4.78, 5) is 17.2. The van der Waals surface area contributed by atoms with Crippen LogP contribution in [0, 0.1) is 0 Å². The zero-order valence-electron chi connectivity index (χ0n) is 10.5. The van der Waals surface area contributed by atoms with Gasteiger partial charge < -0.3 is 15.3 Å². The van der Waals surface area contributed by atoms with E-state index in [1.807, 2.05) is 18.0 Å². The van der Waals surface area contributed by atoms with Crippen LogP contribution in [0.5, 0.6) is 0 Å². The van der Waals surface area contributed by atoms with Crippen molar-refractivity contribution in [1.82, 2.24) is 10.3 Å². The Labute approximate surface area is 101 Å². The summed E-state index contributed by atoms with van der Waals surface area (Å²) >= 11 is 0. The van der Waals surface area contributed by atoms with Gasteiger partial charge in [0, 0.05) is 27.1 Å². The number of rotatable bonds is 5. The van der Waals surface area contributed by atoms with Crippen molar-refractivity contribution in [1.29, 1.82) is 0 Å². The molecule has 0 aliphatic rings. The van der Waals surface area contributed by atoms with Crippen LogP contribution in [0.25, 0.3) is 0 Å². The van der Waals surface area contributed by atoms with Crippen molar-refractivity contribution in [3.63, 3.8) is 0 Å². The maximum atomic E-state index is 11.1. The molecule has 0 spiro atoms. The minimum Gasteiger partial charge on any atom is -0.387 e. The molecule has 0 saturated carbocycles. The van der Waals surface area contributed by atoms with Crippen LogP contribution >= 0.6 is 0 Å². The first-order valence-corrected chi connectivity index (χ1v) is 5.60. The summed E-state index contributed by atoms with van der Waals surface area (Å²) in [6, 6.07) is 3.68. The van der Waals surface area contributed by atoms with Crippen LogP contribution in [0.4, 0.5) is 5.69 Å². The molecule has 0 radical (unpaired) electrons. The van der Waals surface area contributed by atoms with Gasteiger partial charge in [-0.1, -0.05) is 0 Å². The molecule has 1 rings (SSSR count). The van der Waals surface area contributed by atoms with Gasteiger partial charge in [-0.05, 0) is 19.1 Å². The van der Waals surface area contributed by atoms with Gasteiger partial charge in [0.15, 0.2) is 0 Å². The van der Waals surface area contributed by atoms with Crippen molar-refractivity contribution in [2.24, 2.45) is 0 Å². The van der Waals surface area contributed by atoms with E-state index in [0.29, 0.717) is 18.7 Å². The maximum Gasteiger partial charge on any atom is 0.221 e. The number of hydrogen-bond donors (Lipinski definition) is 2. The summed E-state index contributed by atoms with van der Waals surface area (Å²) in [7, 11) is 3.53. The number of carbonyl (C=O) groups is 1. The maximum absolute atomic E-state index is 11.1. The number of nitrogens with one attached hydrogen (secondary N) is 1. The average Bonchev–Trinajstić information content (AvgIpc) is 2.35. The quantitative estimate of drug-likeness (QED) is 0.791. The van der Waals surface area contributed by atoms with Crippen LogP contribution in [-0.4, -0.2) is 36.6 Å². The summed E-state index contributed by atoms with van der Waals surface area (Å²) in [5.41, 5.74) is 1.58. The van der Waals surface area contributed by atoms with Crippen molar-refractivity contribution in [3.8, 4) is 0 Å². The molecule has 1 aromatic heterocycles. The Hall–Kier alpha value is -1.62. The minimum atomic E-state index is -0.555. The average molecular weight is 237 g/mol. The van der Waals surface area contributed by atoms with Crippen molar-refractivity contribution in [2.45, 2.75) is 19.4 Å². The molecule has 0 aromatic carbocycles. The number of anilines is 1. The van der Waals surface area contributed by atoms with E-state index in [4.69, 9.17) is 0 Å². The SMILES string of the molecule is CNC(=O)CCN(C)c1ccc([C@@H](C)O)nc1. The van der Waals surface area contributed by atoms with E-state index in [-0.39, 0.29) is 5.91 Å². The Balaban J connectivity index is 2.57. The normalized spacial score (nSPS) is 12.0. The van der Waals surface area contributed by atoms with E-state index in [2.05, 4.69) is 10.3 Å². The van der Waals surface area contributed by atoms with Gasteiger partial charge in [0.25, 0.3) is 0 Å². The molecule has 1 amide bonds. The Kier molecular flexibility index (Phi) is 4.90. The summed E-state index contributed by atoms with van der Waals surface area (Å²) in [6.45, 7) is 2.31. The summed E-state index contributed by atoms with van der Waals surface area (Å²) in [6.07, 6.45) is 1.59. The van der Waals surface area contributed by atoms with E-state index in [0.717, 1.165) is 5.69 Å². The first kappa shape index (κ1) is 13.4. The number of aliphatic hydroxyl groups is 1. The molecule has 0 fully saturated rings. The highest BCUT2D eigenvalue weighted by Gasteiger charge is 2.06. The highest BCUT2D eigenvalue weighted by atomic mass is 16.3. The van der Waals surface area contributed by atoms with Gasteiger partial charge in [-0.25, -0.2) is 0 Å². The molecule has 1 aromatic rings. The van der Waals surface area contributed by atoms with Gasteiger partial charge >= 0.3 is 0 Å². The molecule has 0 unspecified atom stereocenters. The molecule has 0 saturated heterocycles. The van der Waals surface area contributed by atoms with Crippen LogP contribution in [0.1, 0.15) is 25.1 Å². The van der Waals surface area contributed by atoms with E-state index >= 15 is 0 Å². The minimum absolute atomic E-state index is 0.0189. The molecule has 5 nitrogen and oxygen atoms in total. The molecule has 1 atom stereocenters. The molecule has 0 aliphatic heterocycles. The lowest BCUT2D eigenvalue weighted by Crippen LogP contribution is -2.26. The molecular weight excluding hydrogens is 218 g/mol. The van der Waals surface area contributed by atoms with Crippen LogP contribution in [0.3, 0.4) is 0 Å². The number of carbonyl (C=O) groups excluding carboxylic acids is 1. The standard InChI is InChI=1S/C12H19N3O2/c1-9(16)11-5-4-10(8-14-11)15(3)7-6-12(17)13-2/h4-5,8-9,16H,6-7H2,1-3H3,(H,13,17)/t9-/m1/s1. The smallest absolute Gasteiger partial charge is 0.221 e. The highest BCUT2D eigenvalue weighted by Crippen LogP contribution is 2.15. The lowest BCUT2D eigenvalue weighted by Gasteiger charge is -2.18. The lowest BCUT2D eigenvalue weighted by atomic mass is 10.2. The third-order valence-corrected chi connectivity index (χ3v) is 2.59. The Morgan fingerprint density at radius 1 is 1.59 bits per heavy atom. The zero-order valence-corrected chi connectivity index (χ0v) is 10.5. The Morgan fingerprint density at radius 2 is 2.29 bits per heavy atom. The molecule has 0 bridgehead atoms. The van der Waals surface area contributed by atoms with E-state index in [1.54, 1.807) is 26.2 Å². The predicted molar refractivity (Wildman–Crippen MR) is 66.8 cm³/mol. The predicted octanol–water partition coefficient (Wildman–Crippen LogP) is 0.707. The van der Waals surface area contributed by atoms with Crippen LogP contribution in [0.2, 0.25) is 0 Å². The number of aromatic nitrogens is 1. The highest BCUT2D eigenvalue weighted by molar-refractivity contribution is 5.76. The van der Waals surface area contributed by atoms with Gasteiger partial charge in [-0.3, -0.25) is 9.78 Å². The molecular formula is C12H19N3O2. The van der Waals surface area contributed by atoms with E-state index < -0.39 is 6.10 Å². The molecule has 1 heterocycles. The van der Waals surface area contributed by atoms with Gasteiger partial charge in [0.2, 0.25) is 5.91 Å². The van der Waals surface area contributed by atoms with Crippen molar-refractivity contribution >= 4 is 11.6 Å². The van der Waals surface area contributed by atoms with E-state index in [1.165, 1.54) is 0 Å². The second kappa shape index (κ2) is 6.20. The second-order valence-corrected chi connectivity index (χ2v) is 3.96. The molecule has 94 valence electrons.